The van der Waals surface area contributed by atoms with Gasteiger partial charge in [-0.2, -0.15) is 22.6 Å². The van der Waals surface area contributed by atoms with Gasteiger partial charge in [0.05, 0.1) is 17.9 Å². The van der Waals surface area contributed by atoms with Gasteiger partial charge in [-0.25, -0.2) is 8.42 Å². The Labute approximate surface area is 122 Å². The quantitative estimate of drug-likeness (QED) is 0.843. The standard InChI is InChI=1S/C11H19F3N4O2S/c1-8-10(9(2)18(16-8)6-5-15-3)21(19,20)17(4)7-11(12,13)14/h15H,5-7H2,1-4H3. The molecular weight excluding hydrogens is 309 g/mol. The zero-order valence-electron chi connectivity index (χ0n) is 12.3. The summed E-state index contributed by atoms with van der Waals surface area (Å²) >= 11 is 0. The normalized spacial score (nSPS) is 13.1. The van der Waals surface area contributed by atoms with Crippen LogP contribution in [0.15, 0.2) is 4.90 Å². The highest BCUT2D eigenvalue weighted by atomic mass is 32.2. The summed E-state index contributed by atoms with van der Waals surface area (Å²) in [4.78, 5) is -0.162. The lowest BCUT2D eigenvalue weighted by molar-refractivity contribution is -0.134. The molecule has 21 heavy (non-hydrogen) atoms. The van der Waals surface area contributed by atoms with E-state index in [1.807, 2.05) is 0 Å². The predicted octanol–water partition coefficient (Wildman–Crippen LogP) is 0.902. The number of hydrogen-bond donors (Lipinski definition) is 1. The fraction of sp³-hybridized carbons (Fsp3) is 0.727. The van der Waals surface area contributed by atoms with Crippen molar-refractivity contribution in [2.45, 2.75) is 31.5 Å². The molecule has 0 aliphatic heterocycles. The molecule has 0 atom stereocenters. The van der Waals surface area contributed by atoms with Gasteiger partial charge in [0.2, 0.25) is 10.0 Å². The predicted molar refractivity (Wildman–Crippen MR) is 71.5 cm³/mol. The Bertz CT molecular complexity index is 595. The maximum atomic E-state index is 12.4. The molecule has 10 heteroatoms. The second-order valence-corrected chi connectivity index (χ2v) is 6.68. The van der Waals surface area contributed by atoms with Crippen molar-refractivity contribution in [2.75, 3.05) is 27.2 Å². The van der Waals surface area contributed by atoms with Gasteiger partial charge in [0.15, 0.2) is 0 Å². The van der Waals surface area contributed by atoms with Crippen molar-refractivity contribution in [3.63, 3.8) is 0 Å². The van der Waals surface area contributed by atoms with Gasteiger partial charge in [-0.15, -0.1) is 0 Å². The zero-order chi connectivity index (χ0) is 16.4. The summed E-state index contributed by atoms with van der Waals surface area (Å²) in [6.45, 7) is 2.47. The Balaban J connectivity index is 3.17. The second-order valence-electron chi connectivity index (χ2n) is 4.70. The molecule has 0 spiro atoms. The lowest BCUT2D eigenvalue weighted by atomic mass is 10.4. The first-order chi connectivity index (χ1) is 9.50. The van der Waals surface area contributed by atoms with Gasteiger partial charge in [-0.1, -0.05) is 0 Å². The van der Waals surface area contributed by atoms with Crippen LogP contribution in [0.25, 0.3) is 0 Å². The second kappa shape index (κ2) is 6.32. The summed E-state index contributed by atoms with van der Waals surface area (Å²) in [5, 5.41) is 6.98. The van der Waals surface area contributed by atoms with E-state index in [0.29, 0.717) is 23.1 Å². The van der Waals surface area contributed by atoms with Gasteiger partial charge in [0.25, 0.3) is 0 Å². The summed E-state index contributed by atoms with van der Waals surface area (Å²) in [5.41, 5.74) is 0.523. The Morgan fingerprint density at radius 2 is 1.90 bits per heavy atom. The average Bonchev–Trinajstić information content (AvgIpc) is 2.59. The van der Waals surface area contributed by atoms with Crippen molar-refractivity contribution in [3.8, 4) is 0 Å². The number of alkyl halides is 3. The number of sulfonamides is 1. The number of rotatable bonds is 6. The maximum absolute atomic E-state index is 12.4. The molecule has 0 bridgehead atoms. The fourth-order valence-electron chi connectivity index (χ4n) is 1.98. The smallest absolute Gasteiger partial charge is 0.318 e. The zero-order valence-corrected chi connectivity index (χ0v) is 13.1. The van der Waals surface area contributed by atoms with Crippen molar-refractivity contribution in [2.24, 2.45) is 0 Å². The number of halogens is 3. The van der Waals surface area contributed by atoms with Crippen molar-refractivity contribution < 1.29 is 21.6 Å². The van der Waals surface area contributed by atoms with E-state index in [0.717, 1.165) is 7.05 Å². The van der Waals surface area contributed by atoms with Crippen LogP contribution in [-0.2, 0) is 16.6 Å². The highest BCUT2D eigenvalue weighted by Gasteiger charge is 2.37. The van der Waals surface area contributed by atoms with Crippen LogP contribution in [0.2, 0.25) is 0 Å². The minimum absolute atomic E-state index is 0.162. The van der Waals surface area contributed by atoms with E-state index in [9.17, 15) is 21.6 Å². The van der Waals surface area contributed by atoms with Crippen LogP contribution in [0, 0.1) is 13.8 Å². The van der Waals surface area contributed by atoms with E-state index in [2.05, 4.69) is 10.4 Å². The molecule has 0 radical (unpaired) electrons. The molecule has 0 saturated heterocycles. The first-order valence-corrected chi connectivity index (χ1v) is 7.66. The maximum Gasteiger partial charge on any atom is 0.402 e. The van der Waals surface area contributed by atoms with E-state index in [4.69, 9.17) is 0 Å². The summed E-state index contributed by atoms with van der Waals surface area (Å²) in [6, 6.07) is 0. The van der Waals surface area contributed by atoms with Gasteiger partial charge >= 0.3 is 6.18 Å². The van der Waals surface area contributed by atoms with Crippen LogP contribution in [0.4, 0.5) is 13.2 Å². The first-order valence-electron chi connectivity index (χ1n) is 6.22. The molecule has 1 aromatic heterocycles. The van der Waals surface area contributed by atoms with Gasteiger partial charge in [0.1, 0.15) is 11.4 Å². The Kier molecular flexibility index (Phi) is 5.40. The molecule has 0 aliphatic rings. The van der Waals surface area contributed by atoms with Crippen LogP contribution in [0.3, 0.4) is 0 Å². The Morgan fingerprint density at radius 1 is 1.33 bits per heavy atom. The molecular formula is C11H19F3N4O2S. The molecule has 0 saturated carbocycles. The van der Waals surface area contributed by atoms with E-state index >= 15 is 0 Å². The fourth-order valence-corrected chi connectivity index (χ4v) is 3.50. The van der Waals surface area contributed by atoms with Gasteiger partial charge in [0, 0.05) is 13.6 Å². The molecule has 0 aliphatic carbocycles. The van der Waals surface area contributed by atoms with E-state index in [-0.39, 0.29) is 10.6 Å². The summed E-state index contributed by atoms with van der Waals surface area (Å²) in [6.07, 6.45) is -4.59. The summed E-state index contributed by atoms with van der Waals surface area (Å²) < 4.78 is 63.5. The van der Waals surface area contributed by atoms with Crippen molar-refractivity contribution in [1.29, 1.82) is 0 Å². The van der Waals surface area contributed by atoms with Crippen molar-refractivity contribution >= 4 is 10.0 Å². The minimum atomic E-state index is -4.59. The summed E-state index contributed by atoms with van der Waals surface area (Å²) in [5.74, 6) is 0. The molecule has 1 heterocycles. The lowest BCUT2D eigenvalue weighted by Crippen LogP contribution is -2.36. The number of hydrogen-bond acceptors (Lipinski definition) is 4. The van der Waals surface area contributed by atoms with Crippen LogP contribution in [0.1, 0.15) is 11.4 Å². The highest BCUT2D eigenvalue weighted by Crippen LogP contribution is 2.25. The molecule has 1 N–H and O–H groups in total. The number of aryl methyl sites for hydroxylation is 1. The third kappa shape index (κ3) is 4.17. The van der Waals surface area contributed by atoms with Crippen molar-refractivity contribution in [1.82, 2.24) is 19.4 Å². The van der Waals surface area contributed by atoms with E-state index in [1.165, 1.54) is 18.5 Å². The van der Waals surface area contributed by atoms with Crippen LogP contribution >= 0.6 is 0 Å². The Morgan fingerprint density at radius 3 is 2.38 bits per heavy atom. The molecule has 0 fully saturated rings. The molecule has 1 rings (SSSR count). The van der Waals surface area contributed by atoms with Crippen molar-refractivity contribution in [3.05, 3.63) is 11.4 Å². The third-order valence-corrected chi connectivity index (χ3v) is 5.02. The van der Waals surface area contributed by atoms with E-state index in [1.54, 1.807) is 7.05 Å². The third-order valence-electron chi connectivity index (χ3n) is 2.96. The van der Waals surface area contributed by atoms with Gasteiger partial charge in [-0.3, -0.25) is 4.68 Å². The largest absolute Gasteiger partial charge is 0.402 e. The summed E-state index contributed by atoms with van der Waals surface area (Å²) in [7, 11) is -1.58. The molecule has 6 nitrogen and oxygen atoms in total. The number of aromatic nitrogens is 2. The Hall–Kier alpha value is -1.13. The monoisotopic (exact) mass is 328 g/mol. The van der Waals surface area contributed by atoms with Gasteiger partial charge < -0.3 is 5.32 Å². The molecule has 122 valence electrons. The lowest BCUT2D eigenvalue weighted by Gasteiger charge is -2.19. The SMILES string of the molecule is CNCCn1nc(C)c(S(=O)(=O)N(C)CC(F)(F)F)c1C. The van der Waals surface area contributed by atoms with Crippen LogP contribution in [0.5, 0.6) is 0 Å². The number of likely N-dealkylation sites (N-methyl/N-ethyl adjacent to an activating group) is 1. The number of nitrogens with zero attached hydrogens (tertiary/aromatic N) is 3. The minimum Gasteiger partial charge on any atom is -0.318 e. The molecule has 1 aromatic rings. The first kappa shape index (κ1) is 17.9. The topological polar surface area (TPSA) is 67.2 Å². The van der Waals surface area contributed by atoms with Crippen LogP contribution in [-0.4, -0.2) is 55.9 Å². The number of nitrogens with one attached hydrogen (secondary N) is 1. The van der Waals surface area contributed by atoms with Gasteiger partial charge in [-0.05, 0) is 20.9 Å². The van der Waals surface area contributed by atoms with Crippen LogP contribution < -0.4 is 5.32 Å². The average molecular weight is 328 g/mol. The highest BCUT2D eigenvalue weighted by molar-refractivity contribution is 7.89. The van der Waals surface area contributed by atoms with E-state index < -0.39 is 22.7 Å². The molecule has 0 amide bonds. The molecule has 0 unspecified atom stereocenters. The molecule has 0 aromatic carbocycles.